The van der Waals surface area contributed by atoms with Gasteiger partial charge < -0.3 is 14.7 Å². The van der Waals surface area contributed by atoms with E-state index in [4.69, 9.17) is 4.74 Å². The molecule has 0 aliphatic carbocycles. The summed E-state index contributed by atoms with van der Waals surface area (Å²) in [4.78, 5) is 24.5. The van der Waals surface area contributed by atoms with E-state index in [1.54, 1.807) is 26.1 Å². The molecule has 0 atom stereocenters. The van der Waals surface area contributed by atoms with E-state index < -0.39 is 0 Å². The number of benzene rings is 1. The molecule has 0 saturated heterocycles. The molecule has 1 rings (SSSR count). The predicted octanol–water partition coefficient (Wildman–Crippen LogP) is 1.42. The minimum atomic E-state index is -0.326. The van der Waals surface area contributed by atoms with Crippen LogP contribution in [0.25, 0.3) is 0 Å². The first kappa shape index (κ1) is 14.0. The molecular weight excluding hydrogens is 234 g/mol. The topological polar surface area (TPSA) is 66.8 Å². The number of aromatic hydroxyl groups is 1. The van der Waals surface area contributed by atoms with Crippen LogP contribution < -0.4 is 0 Å². The van der Waals surface area contributed by atoms with Gasteiger partial charge in [-0.05, 0) is 25.1 Å². The molecule has 1 aromatic carbocycles. The summed E-state index contributed by atoms with van der Waals surface area (Å²) in [5, 5.41) is 9.29. The first-order valence-corrected chi connectivity index (χ1v) is 5.74. The number of hydrogen-bond donors (Lipinski definition) is 1. The second kappa shape index (κ2) is 6.64. The monoisotopic (exact) mass is 251 g/mol. The summed E-state index contributed by atoms with van der Waals surface area (Å²) >= 11 is 0. The Bertz CT molecular complexity index is 431. The Kier molecular flexibility index (Phi) is 5.17. The molecule has 0 aromatic heterocycles. The maximum atomic E-state index is 11.9. The Hall–Kier alpha value is -2.04. The number of nitrogens with zero attached hydrogens (tertiary/aromatic N) is 1. The van der Waals surface area contributed by atoms with Crippen molar-refractivity contribution in [3.63, 3.8) is 0 Å². The summed E-state index contributed by atoms with van der Waals surface area (Å²) in [5.74, 6) is -0.525. The first-order valence-electron chi connectivity index (χ1n) is 5.74. The van der Waals surface area contributed by atoms with Crippen molar-refractivity contribution < 1.29 is 19.4 Å². The number of amides is 1. The summed E-state index contributed by atoms with van der Waals surface area (Å²) in [7, 11) is 1.60. The van der Waals surface area contributed by atoms with E-state index in [1.807, 2.05) is 0 Å². The van der Waals surface area contributed by atoms with Crippen LogP contribution in [-0.4, -0.2) is 42.1 Å². The van der Waals surface area contributed by atoms with Gasteiger partial charge in [0.15, 0.2) is 0 Å². The van der Waals surface area contributed by atoms with Crippen LogP contribution >= 0.6 is 0 Å². The molecule has 5 heteroatoms. The highest BCUT2D eigenvalue weighted by atomic mass is 16.5. The van der Waals surface area contributed by atoms with Crippen molar-refractivity contribution in [1.82, 2.24) is 4.90 Å². The molecule has 0 aliphatic rings. The molecule has 0 spiro atoms. The average Bonchev–Trinajstić information content (AvgIpc) is 2.35. The van der Waals surface area contributed by atoms with Crippen LogP contribution in [0.15, 0.2) is 24.3 Å². The average molecular weight is 251 g/mol. The lowest BCUT2D eigenvalue weighted by Gasteiger charge is -2.16. The molecule has 0 saturated carbocycles. The lowest BCUT2D eigenvalue weighted by Crippen LogP contribution is -2.29. The second-order valence-electron chi connectivity index (χ2n) is 3.83. The summed E-state index contributed by atoms with van der Waals surface area (Å²) in [6.07, 6.45) is 0.162. The predicted molar refractivity (Wildman–Crippen MR) is 66.3 cm³/mol. The number of rotatable bonds is 5. The van der Waals surface area contributed by atoms with Crippen LogP contribution in [0.3, 0.4) is 0 Å². The molecule has 1 aromatic rings. The minimum absolute atomic E-state index is 0.0413. The van der Waals surface area contributed by atoms with E-state index in [0.717, 1.165) is 0 Å². The van der Waals surface area contributed by atoms with Crippen molar-refractivity contribution in [3.05, 3.63) is 29.8 Å². The highest BCUT2D eigenvalue weighted by molar-refractivity contribution is 5.94. The van der Waals surface area contributed by atoms with Gasteiger partial charge in [0.1, 0.15) is 5.75 Å². The Morgan fingerprint density at radius 3 is 2.72 bits per heavy atom. The fourth-order valence-corrected chi connectivity index (χ4v) is 1.45. The van der Waals surface area contributed by atoms with Gasteiger partial charge in [-0.2, -0.15) is 0 Å². The number of phenolic OH excluding ortho intramolecular Hbond substituents is 1. The van der Waals surface area contributed by atoms with Crippen LogP contribution in [0.1, 0.15) is 23.7 Å². The van der Waals surface area contributed by atoms with Crippen LogP contribution in [0.2, 0.25) is 0 Å². The maximum Gasteiger partial charge on any atom is 0.307 e. The molecule has 0 unspecified atom stereocenters. The minimum Gasteiger partial charge on any atom is -0.508 e. The standard InChI is InChI=1S/C13H17NO4/c1-3-18-12(16)7-8-14(2)13(17)10-5-4-6-11(15)9-10/h4-6,9,15H,3,7-8H2,1-2H3. The summed E-state index contributed by atoms with van der Waals surface area (Å²) in [5.41, 5.74) is 0.390. The van der Waals surface area contributed by atoms with Crippen molar-refractivity contribution in [2.75, 3.05) is 20.2 Å². The lowest BCUT2D eigenvalue weighted by molar-refractivity contribution is -0.143. The Labute approximate surface area is 106 Å². The smallest absolute Gasteiger partial charge is 0.307 e. The number of carbonyl (C=O) groups is 2. The largest absolute Gasteiger partial charge is 0.508 e. The summed E-state index contributed by atoms with van der Waals surface area (Å²) in [6, 6.07) is 6.10. The molecule has 0 aliphatic heterocycles. The molecule has 1 amide bonds. The van der Waals surface area contributed by atoms with E-state index in [2.05, 4.69) is 0 Å². The van der Waals surface area contributed by atoms with E-state index in [9.17, 15) is 14.7 Å². The van der Waals surface area contributed by atoms with Crippen molar-refractivity contribution >= 4 is 11.9 Å². The van der Waals surface area contributed by atoms with Gasteiger partial charge in [-0.1, -0.05) is 6.07 Å². The number of phenols is 1. The third-order valence-electron chi connectivity index (χ3n) is 2.40. The van der Waals surface area contributed by atoms with Gasteiger partial charge in [-0.15, -0.1) is 0 Å². The third kappa shape index (κ3) is 4.08. The third-order valence-corrected chi connectivity index (χ3v) is 2.40. The molecule has 0 bridgehead atoms. The zero-order valence-corrected chi connectivity index (χ0v) is 10.5. The van der Waals surface area contributed by atoms with Crippen LogP contribution in [0, 0.1) is 0 Å². The van der Waals surface area contributed by atoms with E-state index in [-0.39, 0.29) is 30.6 Å². The normalized spacial score (nSPS) is 9.89. The molecule has 0 radical (unpaired) electrons. The molecule has 5 nitrogen and oxygen atoms in total. The van der Waals surface area contributed by atoms with E-state index >= 15 is 0 Å². The highest BCUT2D eigenvalue weighted by Gasteiger charge is 2.13. The van der Waals surface area contributed by atoms with Gasteiger partial charge in [0.25, 0.3) is 5.91 Å². The molecule has 18 heavy (non-hydrogen) atoms. The molecule has 98 valence electrons. The Morgan fingerprint density at radius 1 is 1.39 bits per heavy atom. The van der Waals surface area contributed by atoms with Gasteiger partial charge >= 0.3 is 5.97 Å². The number of ether oxygens (including phenoxy) is 1. The van der Waals surface area contributed by atoms with Crippen molar-refractivity contribution in [1.29, 1.82) is 0 Å². The lowest BCUT2D eigenvalue weighted by atomic mass is 10.2. The van der Waals surface area contributed by atoms with Crippen molar-refractivity contribution in [2.45, 2.75) is 13.3 Å². The van der Waals surface area contributed by atoms with Gasteiger partial charge in [0.2, 0.25) is 0 Å². The van der Waals surface area contributed by atoms with Gasteiger partial charge in [0, 0.05) is 19.2 Å². The van der Waals surface area contributed by atoms with Gasteiger partial charge in [-0.3, -0.25) is 9.59 Å². The Balaban J connectivity index is 2.54. The molecular formula is C13H17NO4. The van der Waals surface area contributed by atoms with E-state index in [1.165, 1.54) is 17.0 Å². The molecule has 0 heterocycles. The van der Waals surface area contributed by atoms with Crippen LogP contribution in [0.5, 0.6) is 5.75 Å². The maximum absolute atomic E-state index is 11.9. The number of hydrogen-bond acceptors (Lipinski definition) is 4. The van der Waals surface area contributed by atoms with Gasteiger partial charge in [-0.25, -0.2) is 0 Å². The number of carbonyl (C=O) groups excluding carboxylic acids is 2. The van der Waals surface area contributed by atoms with Crippen molar-refractivity contribution in [3.8, 4) is 5.75 Å². The fourth-order valence-electron chi connectivity index (χ4n) is 1.45. The summed E-state index contributed by atoms with van der Waals surface area (Å²) in [6.45, 7) is 2.36. The van der Waals surface area contributed by atoms with Crippen molar-refractivity contribution in [2.24, 2.45) is 0 Å². The van der Waals surface area contributed by atoms with E-state index in [0.29, 0.717) is 12.2 Å². The first-order chi connectivity index (χ1) is 8.54. The molecule has 0 fully saturated rings. The van der Waals surface area contributed by atoms with Crippen LogP contribution in [0.4, 0.5) is 0 Å². The fraction of sp³-hybridized carbons (Fsp3) is 0.385. The zero-order valence-electron chi connectivity index (χ0n) is 10.5. The highest BCUT2D eigenvalue weighted by Crippen LogP contribution is 2.12. The second-order valence-corrected chi connectivity index (χ2v) is 3.83. The van der Waals surface area contributed by atoms with Gasteiger partial charge in [0.05, 0.1) is 13.0 Å². The molecule has 1 N–H and O–H groups in total. The SMILES string of the molecule is CCOC(=O)CCN(C)C(=O)c1cccc(O)c1. The van der Waals surface area contributed by atoms with Crippen LogP contribution in [-0.2, 0) is 9.53 Å². The Morgan fingerprint density at radius 2 is 2.11 bits per heavy atom. The quantitative estimate of drug-likeness (QED) is 0.804. The number of esters is 1. The summed E-state index contributed by atoms with van der Waals surface area (Å²) < 4.78 is 4.78. The zero-order chi connectivity index (χ0) is 13.5.